The first kappa shape index (κ1) is 16.9. The Bertz CT molecular complexity index is 572. The molecule has 1 aliphatic carbocycles. The number of nitrogens with zero attached hydrogens (tertiary/aromatic N) is 3. The second-order valence-corrected chi connectivity index (χ2v) is 6.78. The Kier molecular flexibility index (Phi) is 5.45. The van der Waals surface area contributed by atoms with E-state index in [0.717, 1.165) is 26.2 Å². The highest BCUT2D eigenvalue weighted by Crippen LogP contribution is 2.23. The van der Waals surface area contributed by atoms with Crippen LogP contribution >= 0.6 is 0 Å². The van der Waals surface area contributed by atoms with Crippen molar-refractivity contribution in [3.05, 3.63) is 39.9 Å². The van der Waals surface area contributed by atoms with Crippen molar-refractivity contribution in [2.75, 3.05) is 26.2 Å². The third-order valence-corrected chi connectivity index (χ3v) is 5.27. The Hall–Kier alpha value is -1.95. The van der Waals surface area contributed by atoms with E-state index in [9.17, 15) is 14.9 Å². The highest BCUT2D eigenvalue weighted by molar-refractivity contribution is 5.94. The van der Waals surface area contributed by atoms with E-state index in [1.54, 1.807) is 12.1 Å². The van der Waals surface area contributed by atoms with E-state index >= 15 is 0 Å². The number of carbonyl (C=O) groups is 1. The molecule has 1 saturated heterocycles. The maximum atomic E-state index is 12.6. The number of hydrogen-bond acceptors (Lipinski definition) is 4. The van der Waals surface area contributed by atoms with Crippen molar-refractivity contribution >= 4 is 11.6 Å². The molecule has 0 radical (unpaired) electrons. The summed E-state index contributed by atoms with van der Waals surface area (Å²) in [4.78, 5) is 27.2. The molecule has 1 aromatic rings. The Morgan fingerprint density at radius 1 is 0.958 bits per heavy atom. The third-order valence-electron chi connectivity index (χ3n) is 5.27. The molecule has 6 heteroatoms. The minimum atomic E-state index is -0.445. The number of piperazine rings is 1. The van der Waals surface area contributed by atoms with E-state index < -0.39 is 4.92 Å². The number of carbonyl (C=O) groups excluding carboxylic acids is 1. The van der Waals surface area contributed by atoms with E-state index in [-0.39, 0.29) is 11.6 Å². The molecule has 1 heterocycles. The summed E-state index contributed by atoms with van der Waals surface area (Å²) in [7, 11) is 0. The number of non-ortho nitro benzene ring substituents is 1. The zero-order valence-electron chi connectivity index (χ0n) is 14.0. The van der Waals surface area contributed by atoms with Crippen LogP contribution in [0.1, 0.15) is 48.9 Å². The maximum absolute atomic E-state index is 12.6. The van der Waals surface area contributed by atoms with Crippen molar-refractivity contribution in [3.8, 4) is 0 Å². The largest absolute Gasteiger partial charge is 0.336 e. The molecule has 0 N–H and O–H groups in total. The fourth-order valence-electron chi connectivity index (χ4n) is 3.82. The van der Waals surface area contributed by atoms with Gasteiger partial charge in [0.2, 0.25) is 0 Å². The first-order valence-corrected chi connectivity index (χ1v) is 8.93. The van der Waals surface area contributed by atoms with Crippen LogP contribution in [0, 0.1) is 10.1 Å². The number of benzene rings is 1. The summed E-state index contributed by atoms with van der Waals surface area (Å²) in [6, 6.07) is 6.59. The molecule has 130 valence electrons. The lowest BCUT2D eigenvalue weighted by atomic mass is 10.1. The van der Waals surface area contributed by atoms with Gasteiger partial charge in [-0.25, -0.2) is 0 Å². The molecule has 0 aromatic heterocycles. The van der Waals surface area contributed by atoms with Crippen LogP contribution in [0.5, 0.6) is 0 Å². The predicted octanol–water partition coefficient (Wildman–Crippen LogP) is 3.08. The molecule has 3 rings (SSSR count). The second-order valence-electron chi connectivity index (χ2n) is 6.78. The maximum Gasteiger partial charge on any atom is 0.269 e. The van der Waals surface area contributed by atoms with Gasteiger partial charge < -0.3 is 4.90 Å². The molecule has 0 atom stereocenters. The topological polar surface area (TPSA) is 66.7 Å². The molecule has 0 bridgehead atoms. The fraction of sp³-hybridized carbons (Fsp3) is 0.611. The summed E-state index contributed by atoms with van der Waals surface area (Å²) in [5, 5.41) is 10.7. The van der Waals surface area contributed by atoms with Gasteiger partial charge in [-0.05, 0) is 25.0 Å². The van der Waals surface area contributed by atoms with Crippen molar-refractivity contribution in [3.63, 3.8) is 0 Å². The first-order valence-electron chi connectivity index (χ1n) is 8.93. The summed E-state index contributed by atoms with van der Waals surface area (Å²) in [5.41, 5.74) is 0.549. The molecule has 1 saturated carbocycles. The second kappa shape index (κ2) is 7.75. The predicted molar refractivity (Wildman–Crippen MR) is 92.1 cm³/mol. The van der Waals surface area contributed by atoms with E-state index in [1.165, 1.54) is 50.7 Å². The Balaban J connectivity index is 1.55. The van der Waals surface area contributed by atoms with Crippen LogP contribution in [0.3, 0.4) is 0 Å². The van der Waals surface area contributed by atoms with Crippen LogP contribution in [0.25, 0.3) is 0 Å². The lowest BCUT2D eigenvalue weighted by molar-refractivity contribution is -0.384. The van der Waals surface area contributed by atoms with Gasteiger partial charge in [0, 0.05) is 49.9 Å². The zero-order chi connectivity index (χ0) is 16.9. The standard InChI is InChI=1S/C18H25N3O3/c22-18(15-7-9-17(10-8-15)21(23)24)20-13-11-19(12-14-20)16-5-3-1-2-4-6-16/h7-10,16H,1-6,11-14H2. The molecule has 2 fully saturated rings. The van der Waals surface area contributed by atoms with E-state index in [0.29, 0.717) is 11.6 Å². The van der Waals surface area contributed by atoms with Crippen molar-refractivity contribution < 1.29 is 9.72 Å². The molecular formula is C18H25N3O3. The van der Waals surface area contributed by atoms with Gasteiger partial charge >= 0.3 is 0 Å². The number of hydrogen-bond donors (Lipinski definition) is 0. The number of amides is 1. The Morgan fingerprint density at radius 2 is 1.54 bits per heavy atom. The molecule has 1 aliphatic heterocycles. The average molecular weight is 331 g/mol. The lowest BCUT2D eigenvalue weighted by Gasteiger charge is -2.39. The smallest absolute Gasteiger partial charge is 0.269 e. The molecule has 1 aromatic carbocycles. The number of rotatable bonds is 3. The van der Waals surface area contributed by atoms with Gasteiger partial charge in [0.25, 0.3) is 11.6 Å². The Labute approximate surface area is 142 Å². The van der Waals surface area contributed by atoms with Gasteiger partial charge in [0.1, 0.15) is 0 Å². The summed E-state index contributed by atoms with van der Waals surface area (Å²) in [5.74, 6) is -0.0228. The molecule has 24 heavy (non-hydrogen) atoms. The molecular weight excluding hydrogens is 306 g/mol. The monoisotopic (exact) mass is 331 g/mol. The number of nitro benzene ring substituents is 1. The normalized spacial score (nSPS) is 20.6. The van der Waals surface area contributed by atoms with E-state index in [1.807, 2.05) is 4.90 Å². The SMILES string of the molecule is O=C(c1ccc([N+](=O)[O-])cc1)N1CCN(C2CCCCCC2)CC1. The highest BCUT2D eigenvalue weighted by atomic mass is 16.6. The fourth-order valence-corrected chi connectivity index (χ4v) is 3.82. The molecule has 2 aliphatic rings. The number of nitro groups is 1. The molecule has 6 nitrogen and oxygen atoms in total. The van der Waals surface area contributed by atoms with Gasteiger partial charge in [-0.2, -0.15) is 0 Å². The van der Waals surface area contributed by atoms with Crippen LogP contribution in [0.15, 0.2) is 24.3 Å². The van der Waals surface area contributed by atoms with Crippen molar-refractivity contribution in [1.82, 2.24) is 9.80 Å². The van der Waals surface area contributed by atoms with Gasteiger partial charge in [0.05, 0.1) is 4.92 Å². The average Bonchev–Trinajstić information content (AvgIpc) is 2.91. The zero-order valence-corrected chi connectivity index (χ0v) is 14.0. The molecule has 1 amide bonds. The van der Waals surface area contributed by atoms with E-state index in [2.05, 4.69) is 4.90 Å². The Morgan fingerprint density at radius 3 is 2.08 bits per heavy atom. The molecule has 0 spiro atoms. The minimum absolute atomic E-state index is 0.0183. The van der Waals surface area contributed by atoms with Crippen molar-refractivity contribution in [1.29, 1.82) is 0 Å². The van der Waals surface area contributed by atoms with Crippen molar-refractivity contribution in [2.45, 2.75) is 44.6 Å². The van der Waals surface area contributed by atoms with Gasteiger partial charge in [-0.3, -0.25) is 19.8 Å². The van der Waals surface area contributed by atoms with E-state index in [4.69, 9.17) is 0 Å². The van der Waals surface area contributed by atoms with Crippen molar-refractivity contribution in [2.24, 2.45) is 0 Å². The summed E-state index contributed by atoms with van der Waals surface area (Å²) < 4.78 is 0. The van der Waals surface area contributed by atoms with Gasteiger partial charge in [-0.1, -0.05) is 25.7 Å². The minimum Gasteiger partial charge on any atom is -0.336 e. The van der Waals surface area contributed by atoms with Crippen LogP contribution in [-0.2, 0) is 0 Å². The quantitative estimate of drug-likeness (QED) is 0.485. The van der Waals surface area contributed by atoms with Gasteiger partial charge in [0.15, 0.2) is 0 Å². The summed E-state index contributed by atoms with van der Waals surface area (Å²) in [6.45, 7) is 3.35. The highest BCUT2D eigenvalue weighted by Gasteiger charge is 2.27. The molecule has 0 unspecified atom stereocenters. The third kappa shape index (κ3) is 3.93. The van der Waals surface area contributed by atoms with Gasteiger partial charge in [-0.15, -0.1) is 0 Å². The lowest BCUT2D eigenvalue weighted by Crippen LogP contribution is -2.51. The summed E-state index contributed by atoms with van der Waals surface area (Å²) >= 11 is 0. The van der Waals surface area contributed by atoms with Crippen LogP contribution in [0.2, 0.25) is 0 Å². The van der Waals surface area contributed by atoms with Crippen LogP contribution in [0.4, 0.5) is 5.69 Å². The van der Waals surface area contributed by atoms with Crippen LogP contribution in [-0.4, -0.2) is 52.9 Å². The van der Waals surface area contributed by atoms with Crippen LogP contribution < -0.4 is 0 Å². The first-order chi connectivity index (χ1) is 11.6. The summed E-state index contributed by atoms with van der Waals surface area (Å²) in [6.07, 6.45) is 7.94.